The molecule has 37 heavy (non-hydrogen) atoms. The maximum atomic E-state index is 13.5. The Kier molecular flexibility index (Phi) is 10.2. The molecule has 0 bridgehead atoms. The number of aliphatic hydroxyl groups excluding tert-OH is 1. The van der Waals surface area contributed by atoms with Gasteiger partial charge in [0.15, 0.2) is 6.10 Å². The molecule has 3 N–H and O–H groups in total. The number of ether oxygens (including phenoxy) is 2. The molecular weight excluding hydrogens is 495 g/mol. The SMILES string of the molecule is COc1cccc(OC)c1C(=O)N[C@H](C(=O)N1CCC[C@H]1C(=O)NC(C(C)C)C(O)C(F)(F)F)C(C)C. The molecule has 1 aromatic carbocycles. The van der Waals surface area contributed by atoms with E-state index < -0.39 is 54.0 Å². The number of benzene rings is 1. The van der Waals surface area contributed by atoms with Crippen LogP contribution >= 0.6 is 0 Å². The number of nitrogens with one attached hydrogen (secondary N) is 2. The van der Waals surface area contributed by atoms with Crippen LogP contribution in [0.1, 0.15) is 50.9 Å². The number of halogens is 3. The summed E-state index contributed by atoms with van der Waals surface area (Å²) in [6.07, 6.45) is -6.97. The van der Waals surface area contributed by atoms with Crippen LogP contribution in [0.25, 0.3) is 0 Å². The van der Waals surface area contributed by atoms with E-state index in [9.17, 15) is 32.7 Å². The second-order valence-corrected chi connectivity index (χ2v) is 9.69. The van der Waals surface area contributed by atoms with Crippen LogP contribution in [0.5, 0.6) is 11.5 Å². The summed E-state index contributed by atoms with van der Waals surface area (Å²) in [5.41, 5.74) is 0.0996. The molecule has 1 heterocycles. The van der Waals surface area contributed by atoms with Crippen LogP contribution < -0.4 is 20.1 Å². The number of alkyl halides is 3. The zero-order chi connectivity index (χ0) is 28.1. The lowest BCUT2D eigenvalue weighted by Gasteiger charge is -2.33. The van der Waals surface area contributed by atoms with Crippen LogP contribution in [0, 0.1) is 11.8 Å². The molecule has 0 saturated carbocycles. The summed E-state index contributed by atoms with van der Waals surface area (Å²) in [6.45, 7) is 6.55. The van der Waals surface area contributed by atoms with Gasteiger partial charge in [-0.3, -0.25) is 14.4 Å². The number of amides is 3. The van der Waals surface area contributed by atoms with Gasteiger partial charge in [-0.25, -0.2) is 0 Å². The maximum Gasteiger partial charge on any atom is 0.416 e. The van der Waals surface area contributed by atoms with E-state index in [1.807, 2.05) is 0 Å². The Bertz CT molecular complexity index is 947. The molecule has 1 saturated heterocycles. The molecule has 4 atom stereocenters. The van der Waals surface area contributed by atoms with E-state index in [1.165, 1.54) is 33.0 Å². The van der Waals surface area contributed by atoms with Crippen LogP contribution in [0.3, 0.4) is 0 Å². The van der Waals surface area contributed by atoms with Crippen LogP contribution in [0.2, 0.25) is 0 Å². The van der Waals surface area contributed by atoms with E-state index in [4.69, 9.17) is 9.47 Å². The van der Waals surface area contributed by atoms with E-state index in [2.05, 4.69) is 10.6 Å². The Morgan fingerprint density at radius 2 is 1.59 bits per heavy atom. The Balaban J connectivity index is 2.26. The van der Waals surface area contributed by atoms with Gasteiger partial charge in [-0.1, -0.05) is 33.8 Å². The molecule has 1 aliphatic heterocycles. The second-order valence-electron chi connectivity index (χ2n) is 9.69. The van der Waals surface area contributed by atoms with Crippen molar-refractivity contribution in [2.75, 3.05) is 20.8 Å². The number of likely N-dealkylation sites (tertiary alicyclic amines) is 1. The standard InChI is InChI=1S/C25H36F3N3O6/c1-13(2)19(21(32)25(26,27)28)29-22(33)15-9-8-12-31(15)24(35)20(14(3)4)30-23(34)18-16(36-5)10-7-11-17(18)37-6/h7,10-11,13-15,19-21,32H,8-9,12H2,1-6H3,(H,29,33)(H,30,34)/t15-,19?,20-,21?/m0/s1. The van der Waals surface area contributed by atoms with E-state index in [1.54, 1.807) is 32.0 Å². The number of carbonyl (C=O) groups is 3. The third-order valence-electron chi connectivity index (χ3n) is 6.42. The normalized spacial score (nSPS) is 18.4. The van der Waals surface area contributed by atoms with Crippen molar-refractivity contribution in [3.8, 4) is 11.5 Å². The number of methoxy groups -OCH3 is 2. The van der Waals surface area contributed by atoms with Crippen molar-refractivity contribution in [2.24, 2.45) is 11.8 Å². The summed E-state index contributed by atoms with van der Waals surface area (Å²) in [5.74, 6) is -2.54. The monoisotopic (exact) mass is 531 g/mol. The Labute approximate surface area is 214 Å². The molecule has 2 rings (SSSR count). The van der Waals surface area contributed by atoms with Crippen LogP contribution in [0.4, 0.5) is 13.2 Å². The van der Waals surface area contributed by atoms with Crippen molar-refractivity contribution in [3.05, 3.63) is 23.8 Å². The molecule has 0 spiro atoms. The third-order valence-corrected chi connectivity index (χ3v) is 6.42. The lowest BCUT2D eigenvalue weighted by Crippen LogP contribution is -2.59. The number of aliphatic hydroxyl groups is 1. The minimum atomic E-state index is -4.92. The molecule has 0 aliphatic carbocycles. The Morgan fingerprint density at radius 1 is 1.03 bits per heavy atom. The fraction of sp³-hybridized carbons (Fsp3) is 0.640. The molecule has 0 radical (unpaired) electrons. The van der Waals surface area contributed by atoms with Gasteiger partial charge in [0.05, 0.1) is 20.3 Å². The van der Waals surface area contributed by atoms with Gasteiger partial charge in [0, 0.05) is 6.54 Å². The first kappa shape index (κ1) is 30.2. The average molecular weight is 532 g/mol. The number of nitrogens with zero attached hydrogens (tertiary/aromatic N) is 1. The number of rotatable bonds is 10. The van der Waals surface area contributed by atoms with Crippen molar-refractivity contribution >= 4 is 17.7 Å². The first-order chi connectivity index (χ1) is 17.2. The van der Waals surface area contributed by atoms with Gasteiger partial charge >= 0.3 is 6.18 Å². The largest absolute Gasteiger partial charge is 0.496 e. The third kappa shape index (κ3) is 7.06. The van der Waals surface area contributed by atoms with Crippen LogP contribution in [-0.4, -0.2) is 78.9 Å². The van der Waals surface area contributed by atoms with Crippen molar-refractivity contribution in [1.82, 2.24) is 15.5 Å². The van der Waals surface area contributed by atoms with Gasteiger partial charge in [0.2, 0.25) is 11.8 Å². The lowest BCUT2D eigenvalue weighted by atomic mass is 9.97. The smallest absolute Gasteiger partial charge is 0.416 e. The molecule has 2 unspecified atom stereocenters. The lowest BCUT2D eigenvalue weighted by molar-refractivity contribution is -0.215. The fourth-order valence-corrected chi connectivity index (χ4v) is 4.36. The van der Waals surface area contributed by atoms with E-state index >= 15 is 0 Å². The van der Waals surface area contributed by atoms with E-state index in [0.717, 1.165) is 0 Å². The molecule has 208 valence electrons. The fourth-order valence-electron chi connectivity index (χ4n) is 4.36. The zero-order valence-corrected chi connectivity index (χ0v) is 21.9. The van der Waals surface area contributed by atoms with Crippen molar-refractivity contribution in [3.63, 3.8) is 0 Å². The van der Waals surface area contributed by atoms with E-state index in [-0.39, 0.29) is 35.9 Å². The molecule has 1 aliphatic rings. The first-order valence-electron chi connectivity index (χ1n) is 12.1. The van der Waals surface area contributed by atoms with Crippen molar-refractivity contribution < 1.29 is 42.1 Å². The summed E-state index contributed by atoms with van der Waals surface area (Å²) in [4.78, 5) is 41.0. The highest BCUT2D eigenvalue weighted by Gasteiger charge is 2.47. The van der Waals surface area contributed by atoms with Crippen molar-refractivity contribution in [2.45, 2.75) is 70.9 Å². The summed E-state index contributed by atoms with van der Waals surface area (Å²) < 4.78 is 49.9. The van der Waals surface area contributed by atoms with Gasteiger partial charge in [-0.2, -0.15) is 13.2 Å². The van der Waals surface area contributed by atoms with Gasteiger partial charge in [0.25, 0.3) is 5.91 Å². The predicted octanol–water partition coefficient (Wildman–Crippen LogP) is 2.51. The minimum Gasteiger partial charge on any atom is -0.496 e. The van der Waals surface area contributed by atoms with Gasteiger partial charge in [0.1, 0.15) is 29.1 Å². The molecule has 12 heteroatoms. The Morgan fingerprint density at radius 3 is 2.05 bits per heavy atom. The summed E-state index contributed by atoms with van der Waals surface area (Å²) >= 11 is 0. The van der Waals surface area contributed by atoms with Crippen molar-refractivity contribution in [1.29, 1.82) is 0 Å². The molecule has 1 aromatic rings. The van der Waals surface area contributed by atoms with Gasteiger partial charge in [-0.15, -0.1) is 0 Å². The topological polar surface area (TPSA) is 117 Å². The summed E-state index contributed by atoms with van der Waals surface area (Å²) in [6, 6.07) is 1.15. The highest BCUT2D eigenvalue weighted by atomic mass is 19.4. The summed E-state index contributed by atoms with van der Waals surface area (Å²) in [5, 5.41) is 14.7. The highest BCUT2D eigenvalue weighted by Crippen LogP contribution is 2.29. The van der Waals surface area contributed by atoms with Gasteiger partial charge < -0.3 is 30.1 Å². The summed E-state index contributed by atoms with van der Waals surface area (Å²) in [7, 11) is 2.79. The maximum absolute atomic E-state index is 13.5. The Hall–Kier alpha value is -3.02. The second kappa shape index (κ2) is 12.5. The quantitative estimate of drug-likeness (QED) is 0.427. The number of hydrogen-bond donors (Lipinski definition) is 3. The molecule has 3 amide bonds. The first-order valence-corrected chi connectivity index (χ1v) is 12.1. The number of hydrogen-bond acceptors (Lipinski definition) is 6. The zero-order valence-electron chi connectivity index (χ0n) is 21.9. The molecular formula is C25H36F3N3O6. The van der Waals surface area contributed by atoms with Crippen LogP contribution in [0.15, 0.2) is 18.2 Å². The molecule has 1 fully saturated rings. The number of carbonyl (C=O) groups excluding carboxylic acids is 3. The molecule has 9 nitrogen and oxygen atoms in total. The molecule has 0 aromatic heterocycles. The van der Waals surface area contributed by atoms with Crippen LogP contribution in [-0.2, 0) is 9.59 Å². The van der Waals surface area contributed by atoms with Gasteiger partial charge in [-0.05, 0) is 36.8 Å². The minimum absolute atomic E-state index is 0.0996. The predicted molar refractivity (Wildman–Crippen MR) is 129 cm³/mol. The highest BCUT2D eigenvalue weighted by molar-refractivity contribution is 6.02. The average Bonchev–Trinajstić information content (AvgIpc) is 3.33. The van der Waals surface area contributed by atoms with E-state index in [0.29, 0.717) is 6.42 Å².